The summed E-state index contributed by atoms with van der Waals surface area (Å²) in [5, 5.41) is 154. The summed E-state index contributed by atoms with van der Waals surface area (Å²) in [7, 11) is -2.26. The van der Waals surface area contributed by atoms with Crippen LogP contribution in [0.25, 0.3) is 0 Å². The van der Waals surface area contributed by atoms with E-state index in [0.717, 1.165) is 127 Å². The summed E-state index contributed by atoms with van der Waals surface area (Å²) in [6.07, 6.45) is 17.0. The smallest absolute Gasteiger partial charge is 0.376 e. The topological polar surface area (TPSA) is 450 Å². The zero-order valence-corrected chi connectivity index (χ0v) is 59.9. The van der Waals surface area contributed by atoms with Crippen LogP contribution >= 0.6 is 0 Å². The molecular weight excluding hydrogens is 1250 g/mol. The van der Waals surface area contributed by atoms with Gasteiger partial charge < -0.3 is 117 Å². The molecule has 0 aromatic heterocycles. The highest BCUT2D eigenvalue weighted by atomic mass is 16.4. The normalized spacial score (nSPS) is 14.2. The summed E-state index contributed by atoms with van der Waals surface area (Å²) in [5.41, 5.74) is 0. The van der Waals surface area contributed by atoms with Crippen molar-refractivity contribution < 1.29 is 95.1 Å². The molecule has 5 amide bonds. The van der Waals surface area contributed by atoms with Crippen LogP contribution in [-0.2, 0) is 24.0 Å². The maximum Gasteiger partial charge on any atom is 0.376 e. The van der Waals surface area contributed by atoms with E-state index < -0.39 is 108 Å². The molecule has 0 rings (SSSR count). The Morgan fingerprint density at radius 3 is 1.01 bits per heavy atom. The number of unbranched alkanes of at least 4 members (excludes halogenated alkanes) is 25. The predicted molar refractivity (Wildman–Crippen MR) is 381 cm³/mol. The van der Waals surface area contributed by atoms with Gasteiger partial charge in [0.15, 0.2) is 12.2 Å². The van der Waals surface area contributed by atoms with E-state index in [1.54, 1.807) is 13.6 Å². The molecule has 0 aliphatic rings. The highest BCUT2D eigenvalue weighted by Crippen LogP contribution is 2.19. The van der Waals surface area contributed by atoms with Crippen molar-refractivity contribution in [3.8, 4) is 0 Å². The summed E-state index contributed by atoms with van der Waals surface area (Å²) in [6, 6.07) is 0. The molecule has 8 atom stereocenters. The number of carbonyl (C=O) groups is 5. The lowest BCUT2D eigenvalue weighted by atomic mass is 9.80. The molecule has 28 nitrogen and oxygen atoms in total. The van der Waals surface area contributed by atoms with Crippen LogP contribution in [0.2, 0.25) is 27.3 Å². The molecule has 0 saturated heterocycles. The summed E-state index contributed by atoms with van der Waals surface area (Å²) in [5.74, 6) is -2.88. The minimum atomic E-state index is -2.23. The van der Waals surface area contributed by atoms with Crippen LogP contribution in [0.4, 0.5) is 0 Å². The molecule has 566 valence electrons. The monoisotopic (exact) mass is 1390 g/mol. The van der Waals surface area contributed by atoms with Gasteiger partial charge in [-0.15, -0.1) is 0 Å². The van der Waals surface area contributed by atoms with Crippen LogP contribution < -0.4 is 31.7 Å². The van der Waals surface area contributed by atoms with E-state index in [0.29, 0.717) is 32.6 Å². The zero-order chi connectivity index (χ0) is 72.6. The number of carbonyl (C=O) groups excluding carboxylic acids is 5. The Morgan fingerprint density at radius 2 is 0.670 bits per heavy atom. The average molecular weight is 1390 g/mol. The first-order chi connectivity index (χ1) is 46.4. The number of amides is 5. The van der Waals surface area contributed by atoms with Gasteiger partial charge in [-0.3, -0.25) is 24.0 Å². The van der Waals surface area contributed by atoms with Crippen molar-refractivity contribution in [1.82, 2.24) is 46.2 Å². The van der Waals surface area contributed by atoms with Gasteiger partial charge in [-0.1, -0.05) is 141 Å². The third-order valence-corrected chi connectivity index (χ3v) is 17.8. The lowest BCUT2D eigenvalue weighted by Gasteiger charge is -2.33. The molecule has 0 aromatic carbocycles. The van der Waals surface area contributed by atoms with Gasteiger partial charge in [0.05, 0.1) is 13.2 Å². The summed E-state index contributed by atoms with van der Waals surface area (Å²) in [6.45, 7) is 9.55. The number of rotatable bonds is 68. The van der Waals surface area contributed by atoms with Crippen molar-refractivity contribution in [2.75, 3.05) is 91.8 Å². The van der Waals surface area contributed by atoms with Crippen LogP contribution in [-0.4, -0.2) is 284 Å². The maximum atomic E-state index is 13.2. The first-order valence-corrected chi connectivity index (χ1v) is 37.1. The number of nitrogens with one attached hydrogen (secondary N) is 6. The van der Waals surface area contributed by atoms with E-state index in [9.17, 15) is 84.9 Å². The fourth-order valence-corrected chi connectivity index (χ4v) is 11.5. The lowest BCUT2D eigenvalue weighted by Crippen LogP contribution is -2.53. The van der Waals surface area contributed by atoms with Crippen LogP contribution in [0.3, 0.4) is 0 Å². The van der Waals surface area contributed by atoms with Gasteiger partial charge in [0.2, 0.25) is 17.7 Å². The van der Waals surface area contributed by atoms with Gasteiger partial charge in [0.1, 0.15) is 36.6 Å². The Balaban J connectivity index is 4.24. The molecule has 20 N–H and O–H groups in total. The Kier molecular flexibility index (Phi) is 59.6. The molecule has 0 aliphatic heterocycles. The molecule has 0 bridgehead atoms. The molecule has 0 radical (unpaired) electrons. The van der Waals surface area contributed by atoms with Crippen molar-refractivity contribution in [2.45, 2.75) is 288 Å². The van der Waals surface area contributed by atoms with E-state index in [2.05, 4.69) is 41.3 Å². The second-order valence-electron chi connectivity index (χ2n) is 26.7. The van der Waals surface area contributed by atoms with E-state index in [4.69, 9.17) is 10.2 Å². The largest absolute Gasteiger partial charge is 0.437 e. The minimum Gasteiger partial charge on any atom is -0.437 e. The molecule has 0 spiro atoms. The van der Waals surface area contributed by atoms with Gasteiger partial charge in [0, 0.05) is 58.5 Å². The quantitative estimate of drug-likeness (QED) is 0.0278. The van der Waals surface area contributed by atoms with Crippen LogP contribution in [0.1, 0.15) is 212 Å². The number of aliphatic hydroxyl groups excluding tert-OH is 10. The second-order valence-corrected chi connectivity index (χ2v) is 26.7. The SMILES string of the molecule is CB(O)NCCCCN(CC(CCCCCCNC(=O)CCCCCCCCCCCCCCCCCCCCCCCNC(=O)CCC(=O)N(CCNC(=O)[C@@H](O)[C@H](O)[C@@H](O)[C@@H](O)CO)CCNC(=O)[C@H](O)[C@@H](O)[C@H](O)[C@H](O)CO)CN(CCCCNB(C)O)B(C)O)B(C)O. The average Bonchev–Trinajstić information content (AvgIpc) is 1.05. The van der Waals surface area contributed by atoms with Gasteiger partial charge in [-0.05, 0) is 124 Å². The number of aliphatic hydroxyl groups is 10. The number of nitrogens with zero attached hydrogens (tertiary/aromatic N) is 3. The van der Waals surface area contributed by atoms with E-state index in [1.807, 2.05) is 13.6 Å². The molecular formula is C65H135B4N9O19. The van der Waals surface area contributed by atoms with Crippen molar-refractivity contribution in [3.05, 3.63) is 0 Å². The third kappa shape index (κ3) is 50.8. The van der Waals surface area contributed by atoms with Gasteiger partial charge in [-0.2, -0.15) is 0 Å². The van der Waals surface area contributed by atoms with Crippen molar-refractivity contribution >= 4 is 57.7 Å². The van der Waals surface area contributed by atoms with Crippen LogP contribution in [0.5, 0.6) is 0 Å². The van der Waals surface area contributed by atoms with E-state index >= 15 is 0 Å². The molecule has 0 fully saturated rings. The molecule has 97 heavy (non-hydrogen) atoms. The highest BCUT2D eigenvalue weighted by molar-refractivity contribution is 6.46. The summed E-state index contributed by atoms with van der Waals surface area (Å²) in [4.78, 5) is 68.7. The molecule has 0 aromatic rings. The number of hydrogen-bond donors (Lipinski definition) is 20. The van der Waals surface area contributed by atoms with E-state index in [-0.39, 0.29) is 56.8 Å². The molecule has 0 heterocycles. The molecule has 0 unspecified atom stereocenters. The standard InChI is InChI=1S/C65H135B4N9O19/c1-66(94)74-40-30-32-44-77(68(3)96)48-52(49-78(69(4)97)45-33-31-41-75-67(2)95)34-26-23-25-29-38-70-55(83)35-27-22-20-18-16-14-12-10-8-6-5-7-9-11-13-15-17-19-21-24-28-39-71-56(84)36-37-57(85)76(46-42-72-64(92)62(90)60(88)58(86)53(81)50-79)47-43-73-65(93)63(91)61(89)59(87)54(82)51-80/h52-54,58-63,74-75,79-82,86-91,94-97H,5-51H2,1-4H3,(H,70,83)(H,71,84)(H,72,92)(H,73,93)/t53-,54+,58-,59+,60+,61-,62-,63+. The maximum absolute atomic E-state index is 13.2. The van der Waals surface area contributed by atoms with Gasteiger partial charge in [0.25, 0.3) is 11.8 Å². The Bertz CT molecular complexity index is 1870. The van der Waals surface area contributed by atoms with Crippen molar-refractivity contribution in [2.24, 2.45) is 5.92 Å². The Morgan fingerprint density at radius 1 is 0.351 bits per heavy atom. The van der Waals surface area contributed by atoms with Gasteiger partial charge >= 0.3 is 28.2 Å². The highest BCUT2D eigenvalue weighted by Gasteiger charge is 2.36. The Hall–Kier alpha value is -3.11. The van der Waals surface area contributed by atoms with Crippen LogP contribution in [0.15, 0.2) is 0 Å². The minimum absolute atomic E-state index is 0.146. The zero-order valence-electron chi connectivity index (χ0n) is 59.9. The Labute approximate surface area is 582 Å². The van der Waals surface area contributed by atoms with Crippen molar-refractivity contribution in [1.29, 1.82) is 0 Å². The summed E-state index contributed by atoms with van der Waals surface area (Å²) < 4.78 is 0. The molecule has 0 aliphatic carbocycles. The predicted octanol–water partition coefficient (Wildman–Crippen LogP) is -0.135. The van der Waals surface area contributed by atoms with Crippen molar-refractivity contribution in [3.63, 3.8) is 0 Å². The summed E-state index contributed by atoms with van der Waals surface area (Å²) >= 11 is 0. The number of hydrogen-bond acceptors (Lipinski definition) is 23. The van der Waals surface area contributed by atoms with E-state index in [1.165, 1.54) is 96.3 Å². The first kappa shape index (κ1) is 93.9. The molecule has 32 heteroatoms. The fourth-order valence-electron chi connectivity index (χ4n) is 11.5. The van der Waals surface area contributed by atoms with Gasteiger partial charge in [-0.25, -0.2) is 0 Å². The fraction of sp³-hybridized carbons (Fsp3) is 0.923. The molecule has 0 saturated carbocycles. The van der Waals surface area contributed by atoms with Crippen LogP contribution in [0, 0.1) is 5.92 Å². The second kappa shape index (κ2) is 61.5. The lowest BCUT2D eigenvalue weighted by molar-refractivity contribution is -0.149. The first-order valence-electron chi connectivity index (χ1n) is 37.1. The third-order valence-electron chi connectivity index (χ3n) is 17.8.